The molecule has 0 radical (unpaired) electrons. The highest BCUT2D eigenvalue weighted by atomic mass is 32.2. The van der Waals surface area contributed by atoms with Crippen LogP contribution < -0.4 is 9.73 Å². The number of hydrazone groups is 1. The molecular weight excluding hydrogens is 496 g/mol. The zero-order valence-corrected chi connectivity index (χ0v) is 23.1. The number of amides is 1. The van der Waals surface area contributed by atoms with Gasteiger partial charge in [-0.3, -0.25) is 9.10 Å². The van der Waals surface area contributed by atoms with Crippen molar-refractivity contribution in [2.24, 2.45) is 5.10 Å². The summed E-state index contributed by atoms with van der Waals surface area (Å²) in [6, 6.07) is 24.5. The van der Waals surface area contributed by atoms with Crippen LogP contribution in [0.4, 0.5) is 5.69 Å². The minimum atomic E-state index is -3.50. The first-order valence-electron chi connectivity index (χ1n) is 12.3. The molecule has 0 spiro atoms. The predicted molar refractivity (Wildman–Crippen MR) is 154 cm³/mol. The molecule has 0 unspecified atom stereocenters. The van der Waals surface area contributed by atoms with E-state index in [0.29, 0.717) is 11.3 Å². The van der Waals surface area contributed by atoms with Crippen LogP contribution in [-0.4, -0.2) is 31.4 Å². The smallest absolute Gasteiger partial charge is 0.271 e. The number of hydrogen-bond donors (Lipinski definition) is 1. The third-order valence-electron chi connectivity index (χ3n) is 6.58. The van der Waals surface area contributed by atoms with Crippen molar-refractivity contribution < 1.29 is 13.2 Å². The lowest BCUT2D eigenvalue weighted by atomic mass is 10.1. The van der Waals surface area contributed by atoms with E-state index in [1.807, 2.05) is 76.2 Å². The third-order valence-corrected chi connectivity index (χ3v) is 7.72. The lowest BCUT2D eigenvalue weighted by Crippen LogP contribution is -2.29. The van der Waals surface area contributed by atoms with Gasteiger partial charge >= 0.3 is 0 Å². The number of hydrogen-bond acceptors (Lipinski definition) is 4. The zero-order chi connectivity index (χ0) is 27.4. The Labute approximate surface area is 224 Å². The number of sulfonamides is 1. The Morgan fingerprint density at radius 2 is 1.61 bits per heavy atom. The number of carbonyl (C=O) groups is 1. The van der Waals surface area contributed by atoms with Gasteiger partial charge in [0.1, 0.15) is 0 Å². The second-order valence-electron chi connectivity index (χ2n) is 9.43. The van der Waals surface area contributed by atoms with Crippen LogP contribution >= 0.6 is 0 Å². The Morgan fingerprint density at radius 1 is 0.921 bits per heavy atom. The normalized spacial score (nSPS) is 11.6. The molecule has 38 heavy (non-hydrogen) atoms. The second-order valence-corrected chi connectivity index (χ2v) is 11.3. The minimum Gasteiger partial charge on any atom is -0.318 e. The lowest BCUT2D eigenvalue weighted by molar-refractivity contribution is 0.0955. The van der Waals surface area contributed by atoms with Crippen LogP contribution in [0.25, 0.3) is 5.69 Å². The minimum absolute atomic E-state index is 0.165. The molecule has 0 bridgehead atoms. The molecule has 196 valence electrons. The third kappa shape index (κ3) is 6.03. The van der Waals surface area contributed by atoms with Gasteiger partial charge in [-0.25, -0.2) is 13.8 Å². The summed E-state index contributed by atoms with van der Waals surface area (Å²) in [5.74, 6) is -0.348. The van der Waals surface area contributed by atoms with Crippen molar-refractivity contribution in [3.8, 4) is 5.69 Å². The summed E-state index contributed by atoms with van der Waals surface area (Å²) >= 11 is 0. The Bertz CT molecular complexity index is 1590. The van der Waals surface area contributed by atoms with E-state index in [4.69, 9.17) is 0 Å². The van der Waals surface area contributed by atoms with Crippen molar-refractivity contribution in [3.05, 3.63) is 118 Å². The quantitative estimate of drug-likeness (QED) is 0.244. The van der Waals surface area contributed by atoms with Crippen molar-refractivity contribution in [2.75, 3.05) is 10.6 Å². The molecule has 1 aromatic heterocycles. The Kier molecular flexibility index (Phi) is 7.83. The number of nitrogens with one attached hydrogen (secondary N) is 1. The molecule has 0 saturated heterocycles. The van der Waals surface area contributed by atoms with Gasteiger partial charge in [-0.15, -0.1) is 0 Å². The monoisotopic (exact) mass is 528 g/mol. The predicted octanol–water partition coefficient (Wildman–Crippen LogP) is 5.44. The molecule has 1 N–H and O–H groups in total. The number of benzene rings is 3. The fraction of sp³-hybridized carbons (Fsp3) is 0.200. The standard InChI is InChI=1S/C30H32N4O3S/c1-21-11-16-29(17-22(21)2)33(38(5,36)37)20-25-12-14-26(15-13-25)30(35)32-31-19-27-18-23(3)34(24(27)4)28-9-7-6-8-10-28/h6-19H,20H2,1-5H3,(H,32,35)/b31-19-. The molecule has 0 aliphatic carbocycles. The van der Waals surface area contributed by atoms with E-state index in [1.54, 1.807) is 36.5 Å². The maximum absolute atomic E-state index is 12.7. The van der Waals surface area contributed by atoms with Gasteiger partial charge in [0, 0.05) is 28.2 Å². The van der Waals surface area contributed by atoms with Crippen molar-refractivity contribution in [1.82, 2.24) is 9.99 Å². The average molecular weight is 529 g/mol. The van der Waals surface area contributed by atoms with E-state index >= 15 is 0 Å². The molecule has 1 amide bonds. The maximum atomic E-state index is 12.7. The number of para-hydroxylation sites is 1. The number of aromatic nitrogens is 1. The molecular formula is C30H32N4O3S. The van der Waals surface area contributed by atoms with Crippen LogP contribution in [0, 0.1) is 27.7 Å². The first-order chi connectivity index (χ1) is 18.0. The molecule has 4 aromatic rings. The molecule has 3 aromatic carbocycles. The molecule has 0 saturated carbocycles. The van der Waals surface area contributed by atoms with Crippen LogP contribution in [0.15, 0.2) is 84.0 Å². The van der Waals surface area contributed by atoms with Gasteiger partial charge < -0.3 is 4.57 Å². The van der Waals surface area contributed by atoms with Crippen LogP contribution in [-0.2, 0) is 16.6 Å². The number of carbonyl (C=O) groups excluding carboxylic acids is 1. The number of nitrogens with zero attached hydrogens (tertiary/aromatic N) is 3. The molecule has 4 rings (SSSR count). The molecule has 0 aliphatic heterocycles. The van der Waals surface area contributed by atoms with Crippen LogP contribution in [0.5, 0.6) is 0 Å². The van der Waals surface area contributed by atoms with Gasteiger partial charge in [0.2, 0.25) is 10.0 Å². The van der Waals surface area contributed by atoms with E-state index in [1.165, 1.54) is 10.6 Å². The Hall–Kier alpha value is -4.17. The largest absolute Gasteiger partial charge is 0.318 e. The van der Waals surface area contributed by atoms with Crippen molar-refractivity contribution >= 4 is 27.8 Å². The Balaban J connectivity index is 1.44. The van der Waals surface area contributed by atoms with Gasteiger partial charge in [0.05, 0.1) is 24.7 Å². The summed E-state index contributed by atoms with van der Waals surface area (Å²) in [7, 11) is -3.50. The van der Waals surface area contributed by atoms with E-state index in [9.17, 15) is 13.2 Å². The number of aryl methyl sites for hydroxylation is 3. The summed E-state index contributed by atoms with van der Waals surface area (Å²) in [5, 5.41) is 4.16. The van der Waals surface area contributed by atoms with E-state index < -0.39 is 10.0 Å². The molecule has 0 aliphatic rings. The van der Waals surface area contributed by atoms with Gasteiger partial charge in [-0.05, 0) is 86.8 Å². The topological polar surface area (TPSA) is 83.8 Å². The lowest BCUT2D eigenvalue weighted by Gasteiger charge is -2.23. The molecule has 8 heteroatoms. The second kappa shape index (κ2) is 11.1. The van der Waals surface area contributed by atoms with Crippen LogP contribution in [0.2, 0.25) is 0 Å². The fourth-order valence-corrected chi connectivity index (χ4v) is 5.21. The summed E-state index contributed by atoms with van der Waals surface area (Å²) < 4.78 is 28.5. The molecule has 0 fully saturated rings. The fourth-order valence-electron chi connectivity index (χ4n) is 4.33. The summed E-state index contributed by atoms with van der Waals surface area (Å²) in [4.78, 5) is 12.7. The van der Waals surface area contributed by atoms with Crippen LogP contribution in [0.3, 0.4) is 0 Å². The van der Waals surface area contributed by atoms with E-state index in [-0.39, 0.29) is 12.5 Å². The highest BCUT2D eigenvalue weighted by Crippen LogP contribution is 2.24. The van der Waals surface area contributed by atoms with Crippen molar-refractivity contribution in [3.63, 3.8) is 0 Å². The highest BCUT2D eigenvalue weighted by Gasteiger charge is 2.19. The number of anilines is 1. The summed E-state index contributed by atoms with van der Waals surface area (Å²) in [6.07, 6.45) is 2.83. The highest BCUT2D eigenvalue weighted by molar-refractivity contribution is 7.92. The Morgan fingerprint density at radius 3 is 2.24 bits per heavy atom. The summed E-state index contributed by atoms with van der Waals surface area (Å²) in [5.41, 5.74) is 10.6. The van der Waals surface area contributed by atoms with E-state index in [2.05, 4.69) is 15.1 Å². The molecule has 7 nitrogen and oxygen atoms in total. The maximum Gasteiger partial charge on any atom is 0.271 e. The SMILES string of the molecule is Cc1ccc(N(Cc2ccc(C(=O)N/N=C\c3cc(C)n(-c4ccccc4)c3C)cc2)S(C)(=O)=O)cc1C. The van der Waals surface area contributed by atoms with Gasteiger partial charge in [0.15, 0.2) is 0 Å². The first-order valence-corrected chi connectivity index (χ1v) is 14.1. The number of rotatable bonds is 8. The zero-order valence-electron chi connectivity index (χ0n) is 22.3. The summed E-state index contributed by atoms with van der Waals surface area (Å²) in [6.45, 7) is 8.15. The van der Waals surface area contributed by atoms with Crippen LogP contribution in [0.1, 0.15) is 44.0 Å². The molecule has 0 atom stereocenters. The van der Waals surface area contributed by atoms with Gasteiger partial charge in [0.25, 0.3) is 5.91 Å². The van der Waals surface area contributed by atoms with Crippen molar-refractivity contribution in [1.29, 1.82) is 0 Å². The molecule has 1 heterocycles. The van der Waals surface area contributed by atoms with E-state index in [0.717, 1.165) is 39.3 Å². The van der Waals surface area contributed by atoms with Crippen molar-refractivity contribution in [2.45, 2.75) is 34.2 Å². The van der Waals surface area contributed by atoms with Gasteiger partial charge in [-0.1, -0.05) is 36.4 Å². The average Bonchev–Trinajstić information content (AvgIpc) is 3.17. The first kappa shape index (κ1) is 26.9. The van der Waals surface area contributed by atoms with Gasteiger partial charge in [-0.2, -0.15) is 5.10 Å².